The zero-order chi connectivity index (χ0) is 14.7. The summed E-state index contributed by atoms with van der Waals surface area (Å²) in [4.78, 5) is 0. The molecule has 3 rings (SSSR count). The third-order valence-corrected chi connectivity index (χ3v) is 6.14. The van der Waals surface area contributed by atoms with Gasteiger partial charge in [-0.05, 0) is 49.1 Å². The van der Waals surface area contributed by atoms with Crippen molar-refractivity contribution in [1.29, 1.82) is 0 Å². The quantitative estimate of drug-likeness (QED) is 0.872. The molecule has 0 aromatic heterocycles. The first-order valence-corrected chi connectivity index (χ1v) is 9.54. The third-order valence-electron chi connectivity index (χ3n) is 4.66. The average Bonchev–Trinajstić information content (AvgIpc) is 2.51. The number of thioether (sulfide) groups is 1. The molecule has 1 saturated carbocycles. The predicted octanol–water partition coefficient (Wildman–Crippen LogP) is 4.73. The van der Waals surface area contributed by atoms with Crippen LogP contribution < -0.4 is 10.5 Å². The molecule has 1 heterocycles. The minimum absolute atomic E-state index is 0.193. The summed E-state index contributed by atoms with van der Waals surface area (Å²) in [6, 6.07) is 6.15. The number of halogens is 1. The van der Waals surface area contributed by atoms with E-state index in [1.165, 1.54) is 31.4 Å². The van der Waals surface area contributed by atoms with Crippen LogP contribution in [0.4, 0.5) is 0 Å². The van der Waals surface area contributed by atoms with Gasteiger partial charge in [0, 0.05) is 11.3 Å². The van der Waals surface area contributed by atoms with E-state index in [0.29, 0.717) is 11.1 Å². The molecule has 1 unspecified atom stereocenters. The molecule has 1 aromatic carbocycles. The fourth-order valence-electron chi connectivity index (χ4n) is 3.36. The average molecular weight is 326 g/mol. The minimum atomic E-state index is -0.193. The second-order valence-electron chi connectivity index (χ2n) is 6.32. The van der Waals surface area contributed by atoms with Gasteiger partial charge in [-0.3, -0.25) is 0 Å². The van der Waals surface area contributed by atoms with Crippen LogP contribution in [0.3, 0.4) is 0 Å². The molecule has 21 heavy (non-hydrogen) atoms. The number of ether oxygens (including phenoxy) is 1. The van der Waals surface area contributed by atoms with Crippen molar-refractivity contribution in [3.05, 3.63) is 28.8 Å². The molecule has 4 heteroatoms. The third kappa shape index (κ3) is 3.69. The van der Waals surface area contributed by atoms with E-state index in [9.17, 15) is 0 Å². The Morgan fingerprint density at radius 1 is 1.19 bits per heavy atom. The number of hydrogen-bond donors (Lipinski definition) is 1. The predicted molar refractivity (Wildman–Crippen MR) is 91.4 cm³/mol. The number of hydrogen-bond acceptors (Lipinski definition) is 3. The first kappa shape index (κ1) is 15.5. The van der Waals surface area contributed by atoms with Crippen molar-refractivity contribution >= 4 is 23.4 Å². The molecule has 1 aliphatic heterocycles. The summed E-state index contributed by atoms with van der Waals surface area (Å²) in [7, 11) is 0. The van der Waals surface area contributed by atoms with Crippen molar-refractivity contribution in [2.45, 2.75) is 56.6 Å². The first-order chi connectivity index (χ1) is 10.2. The van der Waals surface area contributed by atoms with E-state index < -0.39 is 0 Å². The van der Waals surface area contributed by atoms with Crippen molar-refractivity contribution in [2.75, 3.05) is 11.5 Å². The Morgan fingerprint density at radius 3 is 2.67 bits per heavy atom. The monoisotopic (exact) mass is 325 g/mol. The lowest BCUT2D eigenvalue weighted by Gasteiger charge is -2.34. The molecule has 2 N–H and O–H groups in total. The van der Waals surface area contributed by atoms with Gasteiger partial charge in [0.2, 0.25) is 0 Å². The summed E-state index contributed by atoms with van der Waals surface area (Å²) in [6.45, 7) is 0. The van der Waals surface area contributed by atoms with Crippen molar-refractivity contribution < 1.29 is 4.74 Å². The highest BCUT2D eigenvalue weighted by molar-refractivity contribution is 7.99. The maximum Gasteiger partial charge on any atom is 0.138 e. The maximum absolute atomic E-state index is 6.58. The highest BCUT2D eigenvalue weighted by atomic mass is 35.5. The highest BCUT2D eigenvalue weighted by Gasteiger charge is 2.30. The molecule has 2 nitrogen and oxygen atoms in total. The fourth-order valence-corrected chi connectivity index (χ4v) is 4.62. The molecule has 0 bridgehead atoms. The van der Waals surface area contributed by atoms with E-state index in [-0.39, 0.29) is 5.54 Å². The Kier molecular flexibility index (Phi) is 5.03. The van der Waals surface area contributed by atoms with Crippen molar-refractivity contribution in [2.24, 2.45) is 5.73 Å². The standard InChI is InChI=1S/C17H24ClNOS/c18-15-11-13(17(19)8-2-1-3-9-17)6-7-16(15)20-14-5-4-10-21-12-14/h6-7,11,14H,1-5,8-10,12,19H2. The lowest BCUT2D eigenvalue weighted by Crippen LogP contribution is -2.38. The van der Waals surface area contributed by atoms with Gasteiger partial charge >= 0.3 is 0 Å². The van der Waals surface area contributed by atoms with Gasteiger partial charge in [-0.15, -0.1) is 0 Å². The lowest BCUT2D eigenvalue weighted by molar-refractivity contribution is 0.211. The molecule has 1 saturated heterocycles. The van der Waals surface area contributed by atoms with Crippen LogP contribution in [0.5, 0.6) is 5.75 Å². The van der Waals surface area contributed by atoms with Crippen LogP contribution >= 0.6 is 23.4 Å². The second kappa shape index (κ2) is 6.80. The van der Waals surface area contributed by atoms with Crippen molar-refractivity contribution in [1.82, 2.24) is 0 Å². The molecule has 0 radical (unpaired) electrons. The smallest absolute Gasteiger partial charge is 0.138 e. The molecule has 2 aliphatic rings. The van der Waals surface area contributed by atoms with Crippen molar-refractivity contribution in [3.63, 3.8) is 0 Å². The van der Waals surface area contributed by atoms with Gasteiger partial charge in [-0.1, -0.05) is 36.9 Å². The van der Waals surface area contributed by atoms with Gasteiger partial charge in [0.25, 0.3) is 0 Å². The molecule has 1 aromatic rings. The van der Waals surface area contributed by atoms with Crippen molar-refractivity contribution in [3.8, 4) is 5.75 Å². The summed E-state index contributed by atoms with van der Waals surface area (Å²) in [5.41, 5.74) is 7.55. The van der Waals surface area contributed by atoms with E-state index in [2.05, 4.69) is 6.07 Å². The zero-order valence-corrected chi connectivity index (χ0v) is 14.0. The molecule has 2 fully saturated rings. The Hall–Kier alpha value is -0.380. The second-order valence-corrected chi connectivity index (χ2v) is 7.88. The summed E-state index contributed by atoms with van der Waals surface area (Å²) in [5, 5.41) is 0.707. The minimum Gasteiger partial charge on any atom is -0.488 e. The lowest BCUT2D eigenvalue weighted by atomic mass is 9.77. The van der Waals surface area contributed by atoms with Gasteiger partial charge in [-0.25, -0.2) is 0 Å². The fraction of sp³-hybridized carbons (Fsp3) is 0.647. The van der Waals surface area contributed by atoms with E-state index in [1.54, 1.807) is 0 Å². The first-order valence-electron chi connectivity index (χ1n) is 8.01. The Morgan fingerprint density at radius 2 is 2.00 bits per heavy atom. The molecule has 0 amide bonds. The summed E-state index contributed by atoms with van der Waals surface area (Å²) in [5.74, 6) is 3.13. The number of nitrogens with two attached hydrogens (primary N) is 1. The van der Waals surface area contributed by atoms with Gasteiger partial charge in [0.15, 0.2) is 0 Å². The van der Waals surface area contributed by atoms with Crippen LogP contribution in [0.15, 0.2) is 18.2 Å². The summed E-state index contributed by atoms with van der Waals surface area (Å²) in [6.07, 6.45) is 8.51. The Balaban J connectivity index is 1.72. The van der Waals surface area contributed by atoms with Crippen LogP contribution in [-0.4, -0.2) is 17.6 Å². The van der Waals surface area contributed by atoms with E-state index in [4.69, 9.17) is 22.1 Å². The number of benzene rings is 1. The Bertz CT molecular complexity index is 482. The Labute approximate surface area is 136 Å². The maximum atomic E-state index is 6.58. The molecule has 1 aliphatic carbocycles. The summed E-state index contributed by atoms with van der Waals surface area (Å²) >= 11 is 8.41. The van der Waals surface area contributed by atoms with E-state index in [0.717, 1.165) is 36.3 Å². The molecule has 116 valence electrons. The highest BCUT2D eigenvalue weighted by Crippen LogP contribution is 2.38. The van der Waals surface area contributed by atoms with E-state index >= 15 is 0 Å². The molecule has 0 spiro atoms. The normalized spacial score (nSPS) is 25.5. The topological polar surface area (TPSA) is 35.2 Å². The van der Waals surface area contributed by atoms with Gasteiger partial charge in [0.1, 0.15) is 11.9 Å². The molecular formula is C17H24ClNOS. The van der Waals surface area contributed by atoms with Crippen LogP contribution in [-0.2, 0) is 5.54 Å². The number of rotatable bonds is 3. The largest absolute Gasteiger partial charge is 0.488 e. The molecule has 1 atom stereocenters. The van der Waals surface area contributed by atoms with Crippen LogP contribution in [0.2, 0.25) is 5.02 Å². The van der Waals surface area contributed by atoms with E-state index in [1.807, 2.05) is 23.9 Å². The molecular weight excluding hydrogens is 302 g/mol. The summed E-state index contributed by atoms with van der Waals surface area (Å²) < 4.78 is 6.07. The zero-order valence-electron chi connectivity index (χ0n) is 12.4. The van der Waals surface area contributed by atoms with Gasteiger partial charge in [-0.2, -0.15) is 11.8 Å². The van der Waals surface area contributed by atoms with Crippen LogP contribution in [0, 0.1) is 0 Å². The van der Waals surface area contributed by atoms with Gasteiger partial charge < -0.3 is 10.5 Å². The van der Waals surface area contributed by atoms with Crippen LogP contribution in [0.25, 0.3) is 0 Å². The van der Waals surface area contributed by atoms with Gasteiger partial charge in [0.05, 0.1) is 5.02 Å². The SMILES string of the molecule is NC1(c2ccc(OC3CCCSC3)c(Cl)c2)CCCCC1. The van der Waals surface area contributed by atoms with Crippen LogP contribution in [0.1, 0.15) is 50.5 Å².